The van der Waals surface area contributed by atoms with Crippen LogP contribution in [0, 0.1) is 0 Å². The van der Waals surface area contributed by atoms with Gasteiger partial charge in [0.15, 0.2) is 0 Å². The molecule has 0 amide bonds. The Morgan fingerprint density at radius 3 is 2.33 bits per heavy atom. The fraction of sp³-hybridized carbons (Fsp3) is 0.133. The lowest BCUT2D eigenvalue weighted by atomic mass is 10.1. The maximum Gasteiger partial charge on any atom is 0.307 e. The number of carboxylic acids is 1. The summed E-state index contributed by atoms with van der Waals surface area (Å²) in [5.74, 6) is -0.363. The molecule has 0 saturated heterocycles. The number of azo groups is 1. The number of aliphatic carboxylic acids is 1. The van der Waals surface area contributed by atoms with Crippen LogP contribution in [-0.4, -0.2) is 23.3 Å². The van der Waals surface area contributed by atoms with Crippen molar-refractivity contribution in [3.05, 3.63) is 48.0 Å². The molecule has 21 heavy (non-hydrogen) atoms. The number of carboxylic acid groups (broad SMARTS) is 1. The minimum Gasteiger partial charge on any atom is -0.508 e. The lowest BCUT2D eigenvalue weighted by molar-refractivity contribution is -0.136. The molecule has 0 fully saturated rings. The van der Waals surface area contributed by atoms with E-state index in [1.54, 1.807) is 37.4 Å². The molecule has 2 aromatic rings. The van der Waals surface area contributed by atoms with Crippen molar-refractivity contribution in [1.29, 1.82) is 0 Å². The summed E-state index contributed by atoms with van der Waals surface area (Å²) in [5.41, 5.74) is 1.41. The molecular formula is C15H14N2O4. The Balaban J connectivity index is 2.18. The van der Waals surface area contributed by atoms with Crippen molar-refractivity contribution in [3.63, 3.8) is 0 Å². The topological polar surface area (TPSA) is 91.5 Å². The van der Waals surface area contributed by atoms with Crippen LogP contribution in [0.15, 0.2) is 52.7 Å². The van der Waals surface area contributed by atoms with Crippen LogP contribution in [0.1, 0.15) is 5.56 Å². The van der Waals surface area contributed by atoms with Crippen LogP contribution in [-0.2, 0) is 11.2 Å². The van der Waals surface area contributed by atoms with Gasteiger partial charge in [0, 0.05) is 5.56 Å². The van der Waals surface area contributed by atoms with Gasteiger partial charge in [0.25, 0.3) is 0 Å². The first kappa shape index (κ1) is 14.5. The molecule has 0 aliphatic carbocycles. The molecule has 6 heteroatoms. The Bertz CT molecular complexity index is 666. The highest BCUT2D eigenvalue weighted by molar-refractivity contribution is 5.72. The molecule has 2 rings (SSSR count). The molecule has 0 aliphatic rings. The minimum atomic E-state index is -1.02. The Hall–Kier alpha value is -2.89. The summed E-state index contributed by atoms with van der Waals surface area (Å²) in [6.07, 6.45) is -0.266. The maximum atomic E-state index is 10.7. The van der Waals surface area contributed by atoms with Crippen LogP contribution in [0.2, 0.25) is 0 Å². The summed E-state index contributed by atoms with van der Waals surface area (Å²) in [4.78, 5) is 10.7. The zero-order chi connectivity index (χ0) is 15.2. The summed E-state index contributed by atoms with van der Waals surface area (Å²) < 4.78 is 5.04. The minimum absolute atomic E-state index is 0.0687. The number of carbonyl (C=O) groups is 1. The third-order valence-corrected chi connectivity index (χ3v) is 2.76. The van der Waals surface area contributed by atoms with Crippen LogP contribution in [0.25, 0.3) is 0 Å². The Morgan fingerprint density at radius 1 is 1.10 bits per heavy atom. The summed E-state index contributed by atoms with van der Waals surface area (Å²) in [5, 5.41) is 26.4. The highest BCUT2D eigenvalue weighted by Crippen LogP contribution is 2.26. The SMILES string of the molecule is COc1ccc(/N=N/c2ccc(O)c(CC(=O)O)c2)cc1. The number of nitrogens with zero attached hydrogens (tertiary/aromatic N) is 2. The van der Waals surface area contributed by atoms with E-state index in [-0.39, 0.29) is 12.2 Å². The van der Waals surface area contributed by atoms with E-state index >= 15 is 0 Å². The van der Waals surface area contributed by atoms with Gasteiger partial charge in [0.05, 0.1) is 24.9 Å². The summed E-state index contributed by atoms with van der Waals surface area (Å²) in [7, 11) is 1.58. The van der Waals surface area contributed by atoms with Gasteiger partial charge in [0.2, 0.25) is 0 Å². The number of hydrogen-bond acceptors (Lipinski definition) is 5. The fourth-order valence-electron chi connectivity index (χ4n) is 1.70. The van der Waals surface area contributed by atoms with E-state index in [0.29, 0.717) is 16.9 Å². The van der Waals surface area contributed by atoms with Gasteiger partial charge in [-0.3, -0.25) is 4.79 Å². The van der Waals surface area contributed by atoms with Gasteiger partial charge < -0.3 is 14.9 Å². The van der Waals surface area contributed by atoms with Crippen molar-refractivity contribution in [3.8, 4) is 11.5 Å². The Morgan fingerprint density at radius 2 is 1.71 bits per heavy atom. The van der Waals surface area contributed by atoms with Gasteiger partial charge in [-0.05, 0) is 42.5 Å². The smallest absolute Gasteiger partial charge is 0.307 e. The highest BCUT2D eigenvalue weighted by atomic mass is 16.5. The largest absolute Gasteiger partial charge is 0.508 e. The molecule has 0 aromatic heterocycles. The van der Waals surface area contributed by atoms with E-state index in [1.165, 1.54) is 12.1 Å². The standard InChI is InChI=1S/C15H14N2O4/c1-21-13-5-2-11(3-6-13)16-17-12-4-7-14(18)10(8-12)9-15(19)20/h2-8,18H,9H2,1H3,(H,19,20)/b17-16+. The third kappa shape index (κ3) is 4.04. The number of ether oxygens (including phenoxy) is 1. The molecule has 0 saturated carbocycles. The van der Waals surface area contributed by atoms with E-state index in [9.17, 15) is 9.90 Å². The van der Waals surface area contributed by atoms with Crippen molar-refractivity contribution >= 4 is 17.3 Å². The fourth-order valence-corrected chi connectivity index (χ4v) is 1.70. The molecule has 6 nitrogen and oxygen atoms in total. The number of benzene rings is 2. The molecular weight excluding hydrogens is 272 g/mol. The third-order valence-electron chi connectivity index (χ3n) is 2.76. The number of rotatable bonds is 5. The van der Waals surface area contributed by atoms with Gasteiger partial charge in [-0.15, -0.1) is 0 Å². The first-order valence-corrected chi connectivity index (χ1v) is 6.18. The summed E-state index contributed by atoms with van der Waals surface area (Å²) >= 11 is 0. The lowest BCUT2D eigenvalue weighted by Gasteiger charge is -2.02. The van der Waals surface area contributed by atoms with E-state index in [1.807, 2.05) is 0 Å². The van der Waals surface area contributed by atoms with Crippen LogP contribution in [0.3, 0.4) is 0 Å². The molecule has 2 N–H and O–H groups in total. The van der Waals surface area contributed by atoms with Crippen LogP contribution in [0.5, 0.6) is 11.5 Å². The first-order valence-electron chi connectivity index (χ1n) is 6.18. The van der Waals surface area contributed by atoms with Gasteiger partial charge in [0.1, 0.15) is 11.5 Å². The molecule has 0 aliphatic heterocycles. The molecule has 0 heterocycles. The summed E-state index contributed by atoms with van der Waals surface area (Å²) in [6, 6.07) is 11.5. The van der Waals surface area contributed by atoms with E-state index in [2.05, 4.69) is 10.2 Å². The van der Waals surface area contributed by atoms with Gasteiger partial charge in [-0.1, -0.05) is 0 Å². The predicted octanol–water partition coefficient (Wildman–Crippen LogP) is 3.44. The highest BCUT2D eigenvalue weighted by Gasteiger charge is 2.07. The Kier molecular flexibility index (Phi) is 4.50. The molecule has 0 radical (unpaired) electrons. The van der Waals surface area contributed by atoms with E-state index in [4.69, 9.17) is 9.84 Å². The average Bonchev–Trinajstić information content (AvgIpc) is 2.48. The average molecular weight is 286 g/mol. The molecule has 0 bridgehead atoms. The van der Waals surface area contributed by atoms with Gasteiger partial charge >= 0.3 is 5.97 Å². The maximum absolute atomic E-state index is 10.7. The van der Waals surface area contributed by atoms with Crippen LogP contribution < -0.4 is 4.74 Å². The zero-order valence-corrected chi connectivity index (χ0v) is 11.4. The number of phenols is 1. The summed E-state index contributed by atoms with van der Waals surface area (Å²) in [6.45, 7) is 0. The Labute approximate surface area is 121 Å². The molecule has 0 atom stereocenters. The normalized spacial score (nSPS) is 10.7. The second kappa shape index (κ2) is 6.51. The van der Waals surface area contributed by atoms with Crippen molar-refractivity contribution in [2.75, 3.05) is 7.11 Å². The van der Waals surface area contributed by atoms with Gasteiger partial charge in [-0.25, -0.2) is 0 Å². The number of methoxy groups -OCH3 is 1. The number of phenolic OH excluding ortho intramolecular Hbond substituents is 1. The number of hydrogen-bond donors (Lipinski definition) is 2. The van der Waals surface area contributed by atoms with Crippen molar-refractivity contribution < 1.29 is 19.7 Å². The first-order chi connectivity index (χ1) is 10.1. The van der Waals surface area contributed by atoms with E-state index in [0.717, 1.165) is 5.75 Å². The van der Waals surface area contributed by atoms with E-state index < -0.39 is 5.97 Å². The lowest BCUT2D eigenvalue weighted by Crippen LogP contribution is -1.99. The van der Waals surface area contributed by atoms with Crippen molar-refractivity contribution in [1.82, 2.24) is 0 Å². The predicted molar refractivity (Wildman–Crippen MR) is 76.6 cm³/mol. The molecule has 108 valence electrons. The second-order valence-corrected chi connectivity index (χ2v) is 4.28. The van der Waals surface area contributed by atoms with Crippen molar-refractivity contribution in [2.24, 2.45) is 10.2 Å². The molecule has 0 unspecified atom stereocenters. The van der Waals surface area contributed by atoms with Crippen LogP contribution >= 0.6 is 0 Å². The van der Waals surface area contributed by atoms with Crippen LogP contribution in [0.4, 0.5) is 11.4 Å². The number of aromatic hydroxyl groups is 1. The van der Waals surface area contributed by atoms with Crippen molar-refractivity contribution in [2.45, 2.75) is 6.42 Å². The molecule has 2 aromatic carbocycles. The zero-order valence-electron chi connectivity index (χ0n) is 11.4. The monoisotopic (exact) mass is 286 g/mol. The second-order valence-electron chi connectivity index (χ2n) is 4.28. The van der Waals surface area contributed by atoms with Gasteiger partial charge in [-0.2, -0.15) is 10.2 Å². The molecule has 0 spiro atoms. The quantitative estimate of drug-likeness (QED) is 0.823.